The summed E-state index contributed by atoms with van der Waals surface area (Å²) in [7, 11) is 0. The fourth-order valence-electron chi connectivity index (χ4n) is 0.602. The van der Waals surface area contributed by atoms with E-state index in [0.29, 0.717) is 6.08 Å². The van der Waals surface area contributed by atoms with Crippen LogP contribution in [0.25, 0.3) is 0 Å². The SMILES string of the molecule is CC=CCC(=CC(=O)O)C(=O)O. The van der Waals surface area contributed by atoms with Gasteiger partial charge in [-0.05, 0) is 13.3 Å². The van der Waals surface area contributed by atoms with Crippen molar-refractivity contribution in [1.82, 2.24) is 0 Å². The molecule has 0 aliphatic carbocycles. The first-order valence-corrected chi connectivity index (χ1v) is 3.36. The highest BCUT2D eigenvalue weighted by atomic mass is 16.4. The lowest BCUT2D eigenvalue weighted by Gasteiger charge is -1.94. The predicted octanol–water partition coefficient (Wildman–Crippen LogP) is 1.05. The number of rotatable bonds is 4. The number of allylic oxidation sites excluding steroid dienone is 2. The highest BCUT2D eigenvalue weighted by molar-refractivity contribution is 5.94. The lowest BCUT2D eigenvalue weighted by atomic mass is 10.1. The zero-order chi connectivity index (χ0) is 9.56. The summed E-state index contributed by atoms with van der Waals surface area (Å²) < 4.78 is 0. The van der Waals surface area contributed by atoms with Gasteiger partial charge in [0.15, 0.2) is 0 Å². The lowest BCUT2D eigenvalue weighted by Crippen LogP contribution is -2.02. The molecule has 0 fully saturated rings. The van der Waals surface area contributed by atoms with Crippen molar-refractivity contribution in [2.24, 2.45) is 0 Å². The molecule has 0 amide bonds. The molecule has 0 atom stereocenters. The molecule has 0 radical (unpaired) electrons. The Morgan fingerprint density at radius 2 is 1.92 bits per heavy atom. The number of aliphatic carboxylic acids is 2. The number of hydrogen-bond donors (Lipinski definition) is 2. The van der Waals surface area contributed by atoms with Gasteiger partial charge in [-0.3, -0.25) is 0 Å². The van der Waals surface area contributed by atoms with Gasteiger partial charge in [-0.25, -0.2) is 9.59 Å². The van der Waals surface area contributed by atoms with E-state index in [1.165, 1.54) is 0 Å². The molecule has 0 aliphatic rings. The van der Waals surface area contributed by atoms with E-state index in [2.05, 4.69) is 0 Å². The topological polar surface area (TPSA) is 74.6 Å². The van der Waals surface area contributed by atoms with Gasteiger partial charge in [-0.15, -0.1) is 0 Å². The molecule has 4 nitrogen and oxygen atoms in total. The minimum atomic E-state index is -1.24. The molecule has 0 bridgehead atoms. The second-order valence-corrected chi connectivity index (χ2v) is 2.09. The normalized spacial score (nSPS) is 11.9. The molecular weight excluding hydrogens is 160 g/mol. The van der Waals surface area contributed by atoms with Crippen LogP contribution in [0, 0.1) is 0 Å². The first kappa shape index (κ1) is 10.4. The summed E-state index contributed by atoms with van der Waals surface area (Å²) in [5.74, 6) is -2.44. The van der Waals surface area contributed by atoms with Crippen LogP contribution in [0.2, 0.25) is 0 Å². The van der Waals surface area contributed by atoms with Crippen molar-refractivity contribution in [3.8, 4) is 0 Å². The van der Waals surface area contributed by atoms with E-state index in [1.54, 1.807) is 19.1 Å². The van der Waals surface area contributed by atoms with E-state index in [4.69, 9.17) is 10.2 Å². The maximum atomic E-state index is 10.4. The molecule has 0 saturated heterocycles. The molecule has 0 aromatic rings. The first-order chi connectivity index (χ1) is 5.57. The number of hydrogen-bond acceptors (Lipinski definition) is 2. The van der Waals surface area contributed by atoms with Crippen molar-refractivity contribution in [3.63, 3.8) is 0 Å². The van der Waals surface area contributed by atoms with Crippen LogP contribution in [0.3, 0.4) is 0 Å². The van der Waals surface area contributed by atoms with E-state index in [0.717, 1.165) is 0 Å². The van der Waals surface area contributed by atoms with Gasteiger partial charge in [-0.2, -0.15) is 0 Å². The molecule has 0 aliphatic heterocycles. The minimum Gasteiger partial charge on any atom is -0.478 e. The third-order valence-corrected chi connectivity index (χ3v) is 1.15. The van der Waals surface area contributed by atoms with Crippen LogP contribution < -0.4 is 0 Å². The van der Waals surface area contributed by atoms with Crippen LogP contribution in [0.1, 0.15) is 13.3 Å². The second-order valence-electron chi connectivity index (χ2n) is 2.09. The Bertz CT molecular complexity index is 237. The van der Waals surface area contributed by atoms with Crippen LogP contribution >= 0.6 is 0 Å². The van der Waals surface area contributed by atoms with E-state index in [9.17, 15) is 9.59 Å². The Hall–Kier alpha value is -1.58. The van der Waals surface area contributed by atoms with E-state index < -0.39 is 11.9 Å². The smallest absolute Gasteiger partial charge is 0.332 e. The maximum Gasteiger partial charge on any atom is 0.332 e. The summed E-state index contributed by atoms with van der Waals surface area (Å²) in [6.07, 6.45) is 4.09. The van der Waals surface area contributed by atoms with Crippen LogP contribution in [0.4, 0.5) is 0 Å². The summed E-state index contributed by atoms with van der Waals surface area (Å²) >= 11 is 0. The Morgan fingerprint density at radius 1 is 1.33 bits per heavy atom. The summed E-state index contributed by atoms with van der Waals surface area (Å²) in [4.78, 5) is 20.5. The molecule has 0 rings (SSSR count). The highest BCUT2D eigenvalue weighted by Crippen LogP contribution is 2.02. The van der Waals surface area contributed by atoms with E-state index in [1.807, 2.05) is 0 Å². The average Bonchev–Trinajstić information content (AvgIpc) is 1.96. The molecule has 0 aromatic heterocycles. The van der Waals surface area contributed by atoms with Crippen LogP contribution in [0.5, 0.6) is 0 Å². The number of carbonyl (C=O) groups is 2. The fraction of sp³-hybridized carbons (Fsp3) is 0.250. The van der Waals surface area contributed by atoms with Crippen molar-refractivity contribution in [3.05, 3.63) is 23.8 Å². The molecule has 0 heterocycles. The summed E-state index contributed by atoms with van der Waals surface area (Å²) in [5.41, 5.74) is -0.124. The zero-order valence-electron chi connectivity index (χ0n) is 6.65. The Balaban J connectivity index is 4.44. The van der Waals surface area contributed by atoms with Gasteiger partial charge < -0.3 is 10.2 Å². The largest absolute Gasteiger partial charge is 0.478 e. The molecule has 0 saturated carbocycles. The molecule has 0 spiro atoms. The number of carboxylic acids is 2. The molecule has 0 unspecified atom stereocenters. The molecule has 66 valence electrons. The highest BCUT2D eigenvalue weighted by Gasteiger charge is 2.06. The van der Waals surface area contributed by atoms with Gasteiger partial charge in [0.25, 0.3) is 0 Å². The maximum absolute atomic E-state index is 10.4. The monoisotopic (exact) mass is 170 g/mol. The predicted molar refractivity (Wildman–Crippen MR) is 42.8 cm³/mol. The van der Waals surface area contributed by atoms with Crippen LogP contribution in [-0.2, 0) is 9.59 Å². The van der Waals surface area contributed by atoms with Gasteiger partial charge >= 0.3 is 11.9 Å². The standard InChI is InChI=1S/C8H10O4/c1-2-3-4-6(8(11)12)5-7(9)10/h2-3,5H,4H2,1H3,(H,9,10)(H,11,12). The Kier molecular flexibility index (Phi) is 4.45. The first-order valence-electron chi connectivity index (χ1n) is 3.36. The van der Waals surface area contributed by atoms with Gasteiger partial charge in [0.1, 0.15) is 0 Å². The quantitative estimate of drug-likeness (QED) is 0.488. The summed E-state index contributed by atoms with van der Waals surface area (Å²) in [5, 5.41) is 16.8. The zero-order valence-corrected chi connectivity index (χ0v) is 6.65. The van der Waals surface area contributed by atoms with Crippen LogP contribution in [0.15, 0.2) is 23.8 Å². The molecule has 0 aromatic carbocycles. The number of carboxylic acid groups (broad SMARTS) is 2. The molecular formula is C8H10O4. The van der Waals surface area contributed by atoms with Crippen molar-refractivity contribution >= 4 is 11.9 Å². The molecule has 2 N–H and O–H groups in total. The molecule has 12 heavy (non-hydrogen) atoms. The Morgan fingerprint density at radius 3 is 2.25 bits per heavy atom. The van der Waals surface area contributed by atoms with Gasteiger partial charge in [-0.1, -0.05) is 12.2 Å². The van der Waals surface area contributed by atoms with Gasteiger partial charge in [0, 0.05) is 11.6 Å². The third kappa shape index (κ3) is 4.27. The van der Waals surface area contributed by atoms with Crippen molar-refractivity contribution in [1.29, 1.82) is 0 Å². The lowest BCUT2D eigenvalue weighted by molar-refractivity contribution is -0.135. The average molecular weight is 170 g/mol. The van der Waals surface area contributed by atoms with Gasteiger partial charge in [0.2, 0.25) is 0 Å². The summed E-state index contributed by atoms with van der Waals surface area (Å²) in [6.45, 7) is 1.74. The van der Waals surface area contributed by atoms with Gasteiger partial charge in [0.05, 0.1) is 0 Å². The second kappa shape index (κ2) is 5.12. The fourth-order valence-corrected chi connectivity index (χ4v) is 0.602. The van der Waals surface area contributed by atoms with Crippen molar-refractivity contribution in [2.75, 3.05) is 0 Å². The van der Waals surface area contributed by atoms with E-state index in [-0.39, 0.29) is 12.0 Å². The molecule has 4 heteroatoms. The van der Waals surface area contributed by atoms with Crippen molar-refractivity contribution in [2.45, 2.75) is 13.3 Å². The minimum absolute atomic E-state index is 0.124. The Labute approximate surface area is 69.8 Å². The third-order valence-electron chi connectivity index (χ3n) is 1.15. The van der Waals surface area contributed by atoms with E-state index >= 15 is 0 Å². The summed E-state index contributed by atoms with van der Waals surface area (Å²) in [6, 6.07) is 0. The van der Waals surface area contributed by atoms with Crippen molar-refractivity contribution < 1.29 is 19.8 Å². The van der Waals surface area contributed by atoms with Crippen LogP contribution in [-0.4, -0.2) is 22.2 Å².